The van der Waals surface area contributed by atoms with Crippen LogP contribution in [0.2, 0.25) is 0 Å². The minimum atomic E-state index is -0.988. The van der Waals surface area contributed by atoms with Crippen molar-refractivity contribution in [2.45, 2.75) is 6.54 Å². The van der Waals surface area contributed by atoms with E-state index in [4.69, 9.17) is 5.11 Å². The third-order valence-electron chi connectivity index (χ3n) is 1.90. The molecule has 0 saturated heterocycles. The molecule has 0 aliphatic heterocycles. The van der Waals surface area contributed by atoms with Crippen molar-refractivity contribution in [3.05, 3.63) is 42.2 Å². The van der Waals surface area contributed by atoms with E-state index in [-0.39, 0.29) is 5.56 Å². The standard InChI is InChI=1S/C9H8N4O2/c14-9(15)7-2-1-3-11-8(7)4-13-6-10-5-12-13/h1-3,5-6H,4H2,(H,14,15). The van der Waals surface area contributed by atoms with Gasteiger partial charge in [0.25, 0.3) is 0 Å². The molecule has 0 bridgehead atoms. The Morgan fingerprint density at radius 3 is 3.07 bits per heavy atom. The molecule has 6 nitrogen and oxygen atoms in total. The van der Waals surface area contributed by atoms with E-state index >= 15 is 0 Å². The molecule has 0 aliphatic rings. The van der Waals surface area contributed by atoms with Crippen LogP contribution in [0.15, 0.2) is 31.0 Å². The number of aromatic nitrogens is 4. The summed E-state index contributed by atoms with van der Waals surface area (Å²) in [5.41, 5.74) is 0.656. The number of aromatic carboxylic acids is 1. The molecule has 76 valence electrons. The zero-order valence-electron chi connectivity index (χ0n) is 7.74. The smallest absolute Gasteiger partial charge is 0.337 e. The average molecular weight is 204 g/mol. The Bertz CT molecular complexity index is 467. The molecule has 0 spiro atoms. The number of hydrogen-bond acceptors (Lipinski definition) is 4. The number of carbonyl (C=O) groups is 1. The minimum Gasteiger partial charge on any atom is -0.478 e. The molecule has 0 radical (unpaired) electrons. The summed E-state index contributed by atoms with van der Waals surface area (Å²) < 4.78 is 1.52. The van der Waals surface area contributed by atoms with Crippen molar-refractivity contribution >= 4 is 5.97 Å². The van der Waals surface area contributed by atoms with Gasteiger partial charge in [0.05, 0.1) is 17.8 Å². The Morgan fingerprint density at radius 1 is 1.53 bits per heavy atom. The Hall–Kier alpha value is -2.24. The monoisotopic (exact) mass is 204 g/mol. The quantitative estimate of drug-likeness (QED) is 0.783. The van der Waals surface area contributed by atoms with Crippen LogP contribution in [-0.4, -0.2) is 30.8 Å². The van der Waals surface area contributed by atoms with Crippen molar-refractivity contribution in [1.29, 1.82) is 0 Å². The van der Waals surface area contributed by atoms with Crippen molar-refractivity contribution in [2.75, 3.05) is 0 Å². The zero-order chi connectivity index (χ0) is 10.7. The van der Waals surface area contributed by atoms with E-state index in [0.29, 0.717) is 12.2 Å². The lowest BCUT2D eigenvalue weighted by Crippen LogP contribution is -2.09. The van der Waals surface area contributed by atoms with Gasteiger partial charge in [-0.25, -0.2) is 14.5 Å². The third-order valence-corrected chi connectivity index (χ3v) is 1.90. The minimum absolute atomic E-state index is 0.188. The lowest BCUT2D eigenvalue weighted by Gasteiger charge is -2.03. The summed E-state index contributed by atoms with van der Waals surface area (Å²) in [6.45, 7) is 0.308. The first-order chi connectivity index (χ1) is 7.27. The number of carboxylic acid groups (broad SMARTS) is 1. The van der Waals surface area contributed by atoms with Gasteiger partial charge in [-0.3, -0.25) is 4.98 Å². The molecule has 0 aromatic carbocycles. The predicted octanol–water partition coefficient (Wildman–Crippen LogP) is 0.420. The van der Waals surface area contributed by atoms with Crippen LogP contribution in [-0.2, 0) is 6.54 Å². The van der Waals surface area contributed by atoms with Gasteiger partial charge in [-0.1, -0.05) is 0 Å². The molecule has 0 saturated carbocycles. The SMILES string of the molecule is O=C(O)c1cccnc1Cn1cncn1. The average Bonchev–Trinajstić information content (AvgIpc) is 2.71. The summed E-state index contributed by atoms with van der Waals surface area (Å²) in [6, 6.07) is 3.11. The third kappa shape index (κ3) is 1.98. The highest BCUT2D eigenvalue weighted by Crippen LogP contribution is 2.06. The molecule has 6 heteroatoms. The summed E-state index contributed by atoms with van der Waals surface area (Å²) in [5, 5.41) is 12.8. The van der Waals surface area contributed by atoms with Crippen LogP contribution in [0.25, 0.3) is 0 Å². The maximum atomic E-state index is 10.9. The van der Waals surface area contributed by atoms with Crippen molar-refractivity contribution < 1.29 is 9.90 Å². The number of rotatable bonds is 3. The molecule has 0 fully saturated rings. The summed E-state index contributed by atoms with van der Waals surface area (Å²) in [6.07, 6.45) is 4.46. The van der Waals surface area contributed by atoms with Gasteiger partial charge in [0.2, 0.25) is 0 Å². The lowest BCUT2D eigenvalue weighted by molar-refractivity contribution is 0.0695. The number of carboxylic acids is 1. The number of hydrogen-bond donors (Lipinski definition) is 1. The number of pyridine rings is 1. The van der Waals surface area contributed by atoms with Gasteiger partial charge in [-0.05, 0) is 12.1 Å². The van der Waals surface area contributed by atoms with Gasteiger partial charge >= 0.3 is 5.97 Å². The van der Waals surface area contributed by atoms with Crippen LogP contribution in [0.5, 0.6) is 0 Å². The van der Waals surface area contributed by atoms with E-state index in [1.54, 1.807) is 12.3 Å². The second-order valence-corrected chi connectivity index (χ2v) is 2.90. The van der Waals surface area contributed by atoms with Crippen molar-refractivity contribution in [3.8, 4) is 0 Å². The van der Waals surface area contributed by atoms with Gasteiger partial charge in [0.15, 0.2) is 0 Å². The first-order valence-corrected chi connectivity index (χ1v) is 4.27. The largest absolute Gasteiger partial charge is 0.478 e. The molecule has 15 heavy (non-hydrogen) atoms. The summed E-state index contributed by atoms with van der Waals surface area (Å²) in [4.78, 5) is 18.6. The molecule has 0 atom stereocenters. The lowest BCUT2D eigenvalue weighted by atomic mass is 10.2. The molecule has 0 amide bonds. The van der Waals surface area contributed by atoms with Crippen LogP contribution < -0.4 is 0 Å². The van der Waals surface area contributed by atoms with E-state index in [1.807, 2.05) is 0 Å². The summed E-state index contributed by atoms with van der Waals surface area (Å²) >= 11 is 0. The van der Waals surface area contributed by atoms with Crippen LogP contribution in [0.1, 0.15) is 16.1 Å². The maximum Gasteiger partial charge on any atom is 0.337 e. The highest BCUT2D eigenvalue weighted by molar-refractivity contribution is 5.88. The topological polar surface area (TPSA) is 80.9 Å². The molecule has 1 N–H and O–H groups in total. The molecule has 0 unspecified atom stereocenters. The maximum absolute atomic E-state index is 10.9. The van der Waals surface area contributed by atoms with Crippen LogP contribution in [0, 0.1) is 0 Å². The van der Waals surface area contributed by atoms with Gasteiger partial charge in [0, 0.05) is 6.20 Å². The Labute approximate surface area is 85.2 Å². The van der Waals surface area contributed by atoms with E-state index in [1.165, 1.54) is 23.4 Å². The highest BCUT2D eigenvalue weighted by atomic mass is 16.4. The van der Waals surface area contributed by atoms with Crippen molar-refractivity contribution in [3.63, 3.8) is 0 Å². The summed E-state index contributed by atoms with van der Waals surface area (Å²) in [7, 11) is 0. The molecule has 0 aliphatic carbocycles. The number of nitrogens with zero attached hydrogens (tertiary/aromatic N) is 4. The summed E-state index contributed by atoms with van der Waals surface area (Å²) in [5.74, 6) is -0.988. The van der Waals surface area contributed by atoms with Gasteiger partial charge < -0.3 is 5.11 Å². The Balaban J connectivity index is 2.32. The fraction of sp³-hybridized carbons (Fsp3) is 0.111. The van der Waals surface area contributed by atoms with Crippen LogP contribution in [0.4, 0.5) is 0 Å². The van der Waals surface area contributed by atoms with Gasteiger partial charge in [-0.15, -0.1) is 0 Å². The van der Waals surface area contributed by atoms with Gasteiger partial charge in [-0.2, -0.15) is 5.10 Å². The molecule has 2 aromatic heterocycles. The Morgan fingerprint density at radius 2 is 2.40 bits per heavy atom. The van der Waals surface area contributed by atoms with Crippen molar-refractivity contribution in [2.24, 2.45) is 0 Å². The van der Waals surface area contributed by atoms with Gasteiger partial charge in [0.1, 0.15) is 12.7 Å². The first-order valence-electron chi connectivity index (χ1n) is 4.27. The Kier molecular flexibility index (Phi) is 2.40. The fourth-order valence-corrected chi connectivity index (χ4v) is 1.23. The second kappa shape index (κ2) is 3.87. The predicted molar refractivity (Wildman–Crippen MR) is 50.3 cm³/mol. The fourth-order valence-electron chi connectivity index (χ4n) is 1.23. The zero-order valence-corrected chi connectivity index (χ0v) is 7.74. The molecule has 2 heterocycles. The molecule has 2 aromatic rings. The van der Waals surface area contributed by atoms with E-state index in [2.05, 4.69) is 15.1 Å². The normalized spacial score (nSPS) is 10.1. The van der Waals surface area contributed by atoms with E-state index in [0.717, 1.165) is 0 Å². The molecular weight excluding hydrogens is 196 g/mol. The molecular formula is C9H8N4O2. The van der Waals surface area contributed by atoms with E-state index < -0.39 is 5.97 Å². The highest BCUT2D eigenvalue weighted by Gasteiger charge is 2.10. The van der Waals surface area contributed by atoms with Crippen LogP contribution in [0.3, 0.4) is 0 Å². The van der Waals surface area contributed by atoms with E-state index in [9.17, 15) is 4.79 Å². The van der Waals surface area contributed by atoms with Crippen molar-refractivity contribution in [1.82, 2.24) is 19.7 Å². The molecule has 2 rings (SSSR count). The first kappa shape index (κ1) is 9.32. The second-order valence-electron chi connectivity index (χ2n) is 2.90. The van der Waals surface area contributed by atoms with Crippen LogP contribution >= 0.6 is 0 Å².